The van der Waals surface area contributed by atoms with Crippen LogP contribution in [0.5, 0.6) is 0 Å². The molecule has 1 heterocycles. The molecule has 0 aliphatic carbocycles. The number of rotatable bonds is 2. The summed E-state index contributed by atoms with van der Waals surface area (Å²) in [6, 6.07) is 7.12. The maximum atomic E-state index is 12.4. The van der Waals surface area contributed by atoms with Crippen LogP contribution in [0.25, 0.3) is 10.9 Å². The predicted octanol–water partition coefficient (Wildman–Crippen LogP) is 3.50. The van der Waals surface area contributed by atoms with Crippen molar-refractivity contribution in [3.8, 4) is 0 Å². The average molecular weight is 273 g/mol. The van der Waals surface area contributed by atoms with Gasteiger partial charge >= 0.3 is 5.97 Å². The quantitative estimate of drug-likeness (QED) is 0.787. The van der Waals surface area contributed by atoms with Crippen LogP contribution in [-0.2, 0) is 4.74 Å². The van der Waals surface area contributed by atoms with Crippen LogP contribution in [0.15, 0.2) is 30.5 Å². The highest BCUT2D eigenvalue weighted by Crippen LogP contribution is 2.23. The lowest BCUT2D eigenvalue weighted by atomic mass is 9.95. The van der Waals surface area contributed by atoms with E-state index in [1.165, 1.54) is 0 Å². The summed E-state index contributed by atoms with van der Waals surface area (Å²) in [5.74, 6) is -0.376. The Morgan fingerprint density at radius 3 is 2.50 bits per heavy atom. The van der Waals surface area contributed by atoms with Crippen LogP contribution in [-0.4, -0.2) is 23.1 Å². The Hall–Kier alpha value is -2.10. The molecule has 4 nitrogen and oxygen atoms in total. The third-order valence-electron chi connectivity index (χ3n) is 3.06. The van der Waals surface area contributed by atoms with Gasteiger partial charge < -0.3 is 4.74 Å². The molecule has 0 N–H and O–H groups in total. The second-order valence-electron chi connectivity index (χ2n) is 5.73. The number of carbonyl (C=O) groups excluding carboxylic acids is 2. The molecule has 2 rings (SSSR count). The van der Waals surface area contributed by atoms with Gasteiger partial charge in [-0.1, -0.05) is 26.8 Å². The predicted molar refractivity (Wildman–Crippen MR) is 78.0 cm³/mol. The molecule has 0 radical (unpaired) electrons. The zero-order valence-corrected chi connectivity index (χ0v) is 12.3. The number of hydrogen-bond donors (Lipinski definition) is 0. The number of benzene rings is 1. The van der Waals surface area contributed by atoms with Crippen molar-refractivity contribution in [1.29, 1.82) is 0 Å². The number of ether oxygens (including phenoxy) is 1. The highest BCUT2D eigenvalue weighted by atomic mass is 16.5. The minimum Gasteiger partial charge on any atom is -0.462 e. The Kier molecular flexibility index (Phi) is 3.66. The lowest BCUT2D eigenvalue weighted by Gasteiger charge is -2.17. The summed E-state index contributed by atoms with van der Waals surface area (Å²) in [6.07, 6.45) is 1.74. The molecule has 4 heteroatoms. The second-order valence-corrected chi connectivity index (χ2v) is 5.73. The Bertz CT molecular complexity index is 662. The monoisotopic (exact) mass is 273 g/mol. The summed E-state index contributed by atoms with van der Waals surface area (Å²) in [6.45, 7) is 7.71. The first kappa shape index (κ1) is 14.3. The fraction of sp³-hybridized carbons (Fsp3) is 0.375. The molecular weight excluding hydrogens is 254 g/mol. The normalized spacial score (nSPS) is 11.6. The van der Waals surface area contributed by atoms with Crippen molar-refractivity contribution in [2.24, 2.45) is 5.41 Å². The van der Waals surface area contributed by atoms with Crippen molar-refractivity contribution in [2.75, 3.05) is 6.61 Å². The molecule has 1 aromatic heterocycles. The van der Waals surface area contributed by atoms with E-state index in [2.05, 4.69) is 0 Å². The lowest BCUT2D eigenvalue weighted by Crippen LogP contribution is -2.26. The molecule has 2 aromatic rings. The zero-order valence-electron chi connectivity index (χ0n) is 12.3. The molecule has 0 bridgehead atoms. The topological polar surface area (TPSA) is 48.3 Å². The maximum Gasteiger partial charge on any atom is 0.338 e. The van der Waals surface area contributed by atoms with Crippen molar-refractivity contribution in [3.05, 3.63) is 36.0 Å². The average Bonchev–Trinajstić information content (AvgIpc) is 2.79. The minimum absolute atomic E-state index is 0.00601. The molecule has 106 valence electrons. The molecule has 0 aliphatic heterocycles. The van der Waals surface area contributed by atoms with Gasteiger partial charge in [-0.15, -0.1) is 0 Å². The molecule has 0 spiro atoms. The van der Waals surface area contributed by atoms with E-state index in [-0.39, 0.29) is 11.9 Å². The van der Waals surface area contributed by atoms with Gasteiger partial charge in [-0.2, -0.15) is 0 Å². The highest BCUT2D eigenvalue weighted by molar-refractivity contribution is 5.99. The molecule has 0 aliphatic rings. The van der Waals surface area contributed by atoms with Crippen molar-refractivity contribution in [2.45, 2.75) is 27.7 Å². The molecule has 0 unspecified atom stereocenters. The van der Waals surface area contributed by atoms with Crippen LogP contribution < -0.4 is 0 Å². The molecule has 0 amide bonds. The van der Waals surface area contributed by atoms with E-state index in [1.807, 2.05) is 32.9 Å². The summed E-state index contributed by atoms with van der Waals surface area (Å²) < 4.78 is 6.58. The Labute approximate surface area is 118 Å². The van der Waals surface area contributed by atoms with E-state index in [0.717, 1.165) is 10.9 Å². The van der Waals surface area contributed by atoms with E-state index >= 15 is 0 Å². The summed E-state index contributed by atoms with van der Waals surface area (Å²) in [5.41, 5.74) is 0.711. The van der Waals surface area contributed by atoms with Gasteiger partial charge in [0.25, 0.3) is 0 Å². The maximum absolute atomic E-state index is 12.4. The van der Waals surface area contributed by atoms with Crippen molar-refractivity contribution in [3.63, 3.8) is 0 Å². The van der Waals surface area contributed by atoms with Gasteiger partial charge in [0, 0.05) is 17.0 Å². The fourth-order valence-corrected chi connectivity index (χ4v) is 2.01. The molecule has 0 saturated carbocycles. The smallest absolute Gasteiger partial charge is 0.338 e. The third-order valence-corrected chi connectivity index (χ3v) is 3.06. The van der Waals surface area contributed by atoms with Gasteiger partial charge in [0.05, 0.1) is 17.7 Å². The fourth-order valence-electron chi connectivity index (χ4n) is 2.01. The van der Waals surface area contributed by atoms with Crippen LogP contribution in [0, 0.1) is 5.41 Å². The van der Waals surface area contributed by atoms with E-state index in [9.17, 15) is 9.59 Å². The first-order chi connectivity index (χ1) is 9.34. The molecule has 20 heavy (non-hydrogen) atoms. The summed E-state index contributed by atoms with van der Waals surface area (Å²) in [5, 5.41) is 0.927. The Morgan fingerprint density at radius 2 is 1.90 bits per heavy atom. The number of fused-ring (bicyclic) bond motifs is 1. The van der Waals surface area contributed by atoms with Gasteiger partial charge in [0.1, 0.15) is 0 Å². The number of nitrogens with zero attached hydrogens (tertiary/aromatic N) is 1. The largest absolute Gasteiger partial charge is 0.462 e. The van der Waals surface area contributed by atoms with Gasteiger partial charge in [-0.3, -0.25) is 9.36 Å². The van der Waals surface area contributed by atoms with Gasteiger partial charge in [0.15, 0.2) is 0 Å². The van der Waals surface area contributed by atoms with Crippen LogP contribution in [0.3, 0.4) is 0 Å². The number of carbonyl (C=O) groups is 2. The summed E-state index contributed by atoms with van der Waals surface area (Å²) >= 11 is 0. The Morgan fingerprint density at radius 1 is 1.20 bits per heavy atom. The first-order valence-electron chi connectivity index (χ1n) is 6.67. The summed E-state index contributed by atoms with van der Waals surface area (Å²) in [7, 11) is 0. The molecule has 0 saturated heterocycles. The Balaban J connectivity index is 2.51. The van der Waals surface area contributed by atoms with Crippen LogP contribution in [0.1, 0.15) is 42.8 Å². The SMILES string of the molecule is CCOC(=O)c1ccc2ccn(C(=O)C(C)(C)C)c2c1. The van der Waals surface area contributed by atoms with E-state index in [1.54, 1.807) is 29.8 Å². The van der Waals surface area contributed by atoms with Gasteiger partial charge in [-0.25, -0.2) is 4.79 Å². The summed E-state index contributed by atoms with van der Waals surface area (Å²) in [4.78, 5) is 24.2. The van der Waals surface area contributed by atoms with E-state index < -0.39 is 5.41 Å². The first-order valence-corrected chi connectivity index (χ1v) is 6.67. The van der Waals surface area contributed by atoms with Crippen molar-refractivity contribution in [1.82, 2.24) is 4.57 Å². The minimum atomic E-state index is -0.480. The number of aromatic nitrogens is 1. The molecule has 0 atom stereocenters. The lowest BCUT2D eigenvalue weighted by molar-refractivity contribution is 0.0526. The molecule has 1 aromatic carbocycles. The number of esters is 1. The number of hydrogen-bond acceptors (Lipinski definition) is 3. The molecular formula is C16H19NO3. The third kappa shape index (κ3) is 2.59. The van der Waals surface area contributed by atoms with E-state index in [4.69, 9.17) is 4.74 Å². The zero-order chi connectivity index (χ0) is 14.9. The standard InChI is InChI=1S/C16H19NO3/c1-5-20-14(18)12-7-6-11-8-9-17(13(11)10-12)15(19)16(2,3)4/h6-10H,5H2,1-4H3. The van der Waals surface area contributed by atoms with E-state index in [0.29, 0.717) is 12.2 Å². The highest BCUT2D eigenvalue weighted by Gasteiger charge is 2.24. The van der Waals surface area contributed by atoms with Crippen LogP contribution in [0.2, 0.25) is 0 Å². The van der Waals surface area contributed by atoms with Crippen molar-refractivity contribution < 1.29 is 14.3 Å². The van der Waals surface area contributed by atoms with Gasteiger partial charge in [0.2, 0.25) is 5.91 Å². The van der Waals surface area contributed by atoms with Gasteiger partial charge in [-0.05, 0) is 25.1 Å². The molecule has 0 fully saturated rings. The van der Waals surface area contributed by atoms with Crippen LogP contribution in [0.4, 0.5) is 0 Å². The van der Waals surface area contributed by atoms with Crippen molar-refractivity contribution >= 4 is 22.8 Å². The second kappa shape index (κ2) is 5.12. The van der Waals surface area contributed by atoms with Crippen LogP contribution >= 0.6 is 0 Å².